The molecule has 0 aromatic carbocycles. The van der Waals surface area contributed by atoms with E-state index >= 15 is 0 Å². The van der Waals surface area contributed by atoms with E-state index in [1.807, 2.05) is 12.2 Å². The third kappa shape index (κ3) is 1.26. The van der Waals surface area contributed by atoms with E-state index in [-0.39, 0.29) is 5.56 Å². The maximum atomic E-state index is 11.2. The Kier molecular flexibility index (Phi) is 1.81. The van der Waals surface area contributed by atoms with E-state index in [0.717, 1.165) is 11.3 Å². The van der Waals surface area contributed by atoms with Crippen LogP contribution in [0.2, 0.25) is 0 Å². The molecule has 0 amide bonds. The molecule has 1 aliphatic heterocycles. The van der Waals surface area contributed by atoms with E-state index in [1.54, 1.807) is 6.07 Å². The average molecular weight is 205 g/mol. The van der Waals surface area contributed by atoms with Crippen molar-refractivity contribution in [3.8, 4) is 0 Å². The van der Waals surface area contributed by atoms with E-state index in [0.29, 0.717) is 19.6 Å². The first kappa shape index (κ1) is 8.88. The highest BCUT2D eigenvalue weighted by Crippen LogP contribution is 2.39. The lowest BCUT2D eigenvalue weighted by atomic mass is 9.95. The van der Waals surface area contributed by atoms with Gasteiger partial charge in [0.15, 0.2) is 0 Å². The first-order valence-corrected chi connectivity index (χ1v) is 4.98. The van der Waals surface area contributed by atoms with Gasteiger partial charge in [0.25, 0.3) is 0 Å². The van der Waals surface area contributed by atoms with Gasteiger partial charge in [-0.1, -0.05) is 6.08 Å². The third-order valence-electron chi connectivity index (χ3n) is 2.78. The molecule has 1 aromatic heterocycles. The lowest BCUT2D eigenvalue weighted by molar-refractivity contribution is -0.163. The summed E-state index contributed by atoms with van der Waals surface area (Å²) < 4.78 is 11.3. The van der Waals surface area contributed by atoms with Crippen LogP contribution in [0.4, 0.5) is 0 Å². The summed E-state index contributed by atoms with van der Waals surface area (Å²) in [6, 6.07) is 3.29. The molecule has 4 heteroatoms. The standard InChI is InChI=1S/C11H11NO3/c13-10-4-3-8-9(12-10)2-1-5-11(8)14-6-7-15-11/h1-4H,5-7H2,(H,12,13). The van der Waals surface area contributed by atoms with Crippen LogP contribution in [0.15, 0.2) is 23.0 Å². The Labute approximate surface area is 86.5 Å². The number of fused-ring (bicyclic) bond motifs is 2. The fourth-order valence-corrected chi connectivity index (χ4v) is 2.12. The third-order valence-corrected chi connectivity index (χ3v) is 2.78. The first-order valence-electron chi connectivity index (χ1n) is 4.98. The second kappa shape index (κ2) is 3.05. The van der Waals surface area contributed by atoms with E-state index < -0.39 is 5.79 Å². The van der Waals surface area contributed by atoms with Gasteiger partial charge in [-0.15, -0.1) is 0 Å². The number of aromatic nitrogens is 1. The van der Waals surface area contributed by atoms with Crippen LogP contribution >= 0.6 is 0 Å². The van der Waals surface area contributed by atoms with Crippen LogP contribution < -0.4 is 5.56 Å². The van der Waals surface area contributed by atoms with Gasteiger partial charge in [-0.3, -0.25) is 4.79 Å². The summed E-state index contributed by atoms with van der Waals surface area (Å²) in [4.78, 5) is 14.0. The predicted molar refractivity (Wildman–Crippen MR) is 54.3 cm³/mol. The quantitative estimate of drug-likeness (QED) is 0.687. The monoisotopic (exact) mass is 205 g/mol. The van der Waals surface area contributed by atoms with Crippen LogP contribution in [0.5, 0.6) is 0 Å². The van der Waals surface area contributed by atoms with Gasteiger partial charge in [0.1, 0.15) is 0 Å². The van der Waals surface area contributed by atoms with Gasteiger partial charge in [-0.25, -0.2) is 0 Å². The summed E-state index contributed by atoms with van der Waals surface area (Å²) in [6.07, 6.45) is 4.56. The summed E-state index contributed by atoms with van der Waals surface area (Å²) in [5.41, 5.74) is 1.60. The van der Waals surface area contributed by atoms with Crippen LogP contribution in [-0.4, -0.2) is 18.2 Å². The second-order valence-corrected chi connectivity index (χ2v) is 3.71. The molecule has 0 unspecified atom stereocenters. The molecule has 0 radical (unpaired) electrons. The van der Waals surface area contributed by atoms with Crippen molar-refractivity contribution >= 4 is 6.08 Å². The van der Waals surface area contributed by atoms with E-state index in [9.17, 15) is 4.79 Å². The van der Waals surface area contributed by atoms with Crippen molar-refractivity contribution < 1.29 is 9.47 Å². The van der Waals surface area contributed by atoms with Crippen LogP contribution in [0.25, 0.3) is 6.08 Å². The summed E-state index contributed by atoms with van der Waals surface area (Å²) in [7, 11) is 0. The molecule has 1 aliphatic carbocycles. The number of aromatic amines is 1. The molecule has 1 aromatic rings. The van der Waals surface area contributed by atoms with Gasteiger partial charge in [0.2, 0.25) is 11.3 Å². The van der Waals surface area contributed by atoms with Crippen molar-refractivity contribution in [3.63, 3.8) is 0 Å². The maximum absolute atomic E-state index is 11.2. The molecule has 0 bridgehead atoms. The molecule has 15 heavy (non-hydrogen) atoms. The normalized spacial score (nSPS) is 21.9. The number of hydrogen-bond donors (Lipinski definition) is 1. The van der Waals surface area contributed by atoms with Gasteiger partial charge in [0, 0.05) is 23.7 Å². The minimum atomic E-state index is -0.658. The Hall–Kier alpha value is -1.39. The number of hydrogen-bond acceptors (Lipinski definition) is 3. The molecule has 78 valence electrons. The topological polar surface area (TPSA) is 51.3 Å². The largest absolute Gasteiger partial charge is 0.343 e. The van der Waals surface area contributed by atoms with Gasteiger partial charge >= 0.3 is 0 Å². The van der Waals surface area contributed by atoms with E-state index in [2.05, 4.69) is 4.98 Å². The van der Waals surface area contributed by atoms with Crippen LogP contribution in [0, 0.1) is 0 Å². The zero-order chi connectivity index (χ0) is 10.3. The Morgan fingerprint density at radius 2 is 2.07 bits per heavy atom. The number of pyridine rings is 1. The van der Waals surface area contributed by atoms with E-state index in [4.69, 9.17) is 9.47 Å². The summed E-state index contributed by atoms with van der Waals surface area (Å²) in [6.45, 7) is 1.21. The van der Waals surface area contributed by atoms with Gasteiger partial charge < -0.3 is 14.5 Å². The summed E-state index contributed by atoms with van der Waals surface area (Å²) in [5.74, 6) is -0.658. The second-order valence-electron chi connectivity index (χ2n) is 3.71. The highest BCUT2D eigenvalue weighted by atomic mass is 16.7. The zero-order valence-corrected chi connectivity index (χ0v) is 8.16. The fourth-order valence-electron chi connectivity index (χ4n) is 2.12. The van der Waals surface area contributed by atoms with Crippen molar-refractivity contribution in [2.24, 2.45) is 0 Å². The van der Waals surface area contributed by atoms with Crippen LogP contribution in [0.1, 0.15) is 17.7 Å². The van der Waals surface area contributed by atoms with Crippen molar-refractivity contribution in [2.75, 3.05) is 13.2 Å². The Morgan fingerprint density at radius 3 is 2.87 bits per heavy atom. The number of rotatable bonds is 0. The Balaban J connectivity index is 2.18. The van der Waals surface area contributed by atoms with Crippen molar-refractivity contribution in [1.29, 1.82) is 0 Å². The van der Waals surface area contributed by atoms with Crippen molar-refractivity contribution in [3.05, 3.63) is 39.8 Å². The Bertz CT molecular complexity index is 469. The lowest BCUT2D eigenvalue weighted by Gasteiger charge is -2.30. The molecule has 1 fully saturated rings. The molecule has 0 saturated carbocycles. The summed E-state index contributed by atoms with van der Waals surface area (Å²) >= 11 is 0. The molecule has 2 aliphatic rings. The molecule has 1 saturated heterocycles. The van der Waals surface area contributed by atoms with Crippen LogP contribution in [0.3, 0.4) is 0 Å². The molecule has 0 atom stereocenters. The van der Waals surface area contributed by atoms with Crippen molar-refractivity contribution in [1.82, 2.24) is 4.98 Å². The highest BCUT2D eigenvalue weighted by Gasteiger charge is 2.40. The maximum Gasteiger partial charge on any atom is 0.248 e. The van der Waals surface area contributed by atoms with Gasteiger partial charge in [0.05, 0.1) is 13.2 Å². The number of nitrogens with one attached hydrogen (secondary N) is 1. The number of H-pyrrole nitrogens is 1. The molecular formula is C11H11NO3. The molecule has 1 N–H and O–H groups in total. The molecular weight excluding hydrogens is 194 g/mol. The SMILES string of the molecule is O=c1ccc2c([nH]1)C=CCC21OCCO1. The predicted octanol–water partition coefficient (Wildman–Crippen LogP) is 0.991. The van der Waals surface area contributed by atoms with Gasteiger partial charge in [-0.05, 0) is 12.1 Å². The van der Waals surface area contributed by atoms with Crippen molar-refractivity contribution in [2.45, 2.75) is 12.2 Å². The first-order chi connectivity index (χ1) is 7.30. The lowest BCUT2D eigenvalue weighted by Crippen LogP contribution is -2.30. The molecule has 3 rings (SSSR count). The molecule has 1 spiro atoms. The smallest absolute Gasteiger partial charge is 0.248 e. The minimum Gasteiger partial charge on any atom is -0.343 e. The number of ether oxygens (including phenoxy) is 2. The van der Waals surface area contributed by atoms with Crippen LogP contribution in [-0.2, 0) is 15.3 Å². The van der Waals surface area contributed by atoms with E-state index in [1.165, 1.54) is 6.07 Å². The summed E-state index contributed by atoms with van der Waals surface area (Å²) in [5, 5.41) is 0. The zero-order valence-electron chi connectivity index (χ0n) is 8.16. The molecule has 4 nitrogen and oxygen atoms in total. The average Bonchev–Trinajstić information content (AvgIpc) is 2.67. The Morgan fingerprint density at radius 1 is 1.27 bits per heavy atom. The molecule has 2 heterocycles. The minimum absolute atomic E-state index is 0.103. The fraction of sp³-hybridized carbons (Fsp3) is 0.364. The highest BCUT2D eigenvalue weighted by molar-refractivity contribution is 5.54. The van der Waals surface area contributed by atoms with Gasteiger partial charge in [-0.2, -0.15) is 0 Å².